The minimum atomic E-state index is -0.276. The van der Waals surface area contributed by atoms with Crippen molar-refractivity contribution < 1.29 is 14.3 Å². The lowest BCUT2D eigenvalue weighted by Crippen LogP contribution is -2.42. The number of hydrogen-bond donors (Lipinski definition) is 2. The second-order valence-corrected chi connectivity index (χ2v) is 11.4. The van der Waals surface area contributed by atoms with E-state index in [9.17, 15) is 4.79 Å². The molecule has 2 aliphatic heterocycles. The van der Waals surface area contributed by atoms with Gasteiger partial charge in [0.1, 0.15) is 12.4 Å². The van der Waals surface area contributed by atoms with Gasteiger partial charge in [-0.05, 0) is 29.8 Å². The molecular formula is C31H29N7O3S. The molecule has 2 aromatic carbocycles. The van der Waals surface area contributed by atoms with E-state index in [1.54, 1.807) is 22.6 Å². The number of rotatable bonds is 5. The minimum absolute atomic E-state index is 0.0454. The number of morpholine rings is 1. The van der Waals surface area contributed by atoms with E-state index >= 15 is 0 Å². The second kappa shape index (κ2) is 11.8. The number of aromatic nitrogens is 4. The number of benzene rings is 2. The van der Waals surface area contributed by atoms with Crippen LogP contribution in [-0.2, 0) is 16.0 Å². The van der Waals surface area contributed by atoms with Crippen LogP contribution in [0.15, 0.2) is 67.1 Å². The fourth-order valence-electron chi connectivity index (χ4n) is 5.21. The lowest BCUT2D eigenvalue weighted by molar-refractivity contribution is 0.0156. The molecule has 3 aromatic heterocycles. The van der Waals surface area contributed by atoms with Crippen molar-refractivity contribution in [2.75, 3.05) is 38.2 Å². The fraction of sp³-hybridized carbons (Fsp3) is 0.290. The third kappa shape index (κ3) is 5.78. The molecule has 0 spiro atoms. The molecule has 5 heterocycles. The Bertz CT molecular complexity index is 1790. The predicted molar refractivity (Wildman–Crippen MR) is 162 cm³/mol. The molecule has 212 valence electrons. The maximum absolute atomic E-state index is 12.4. The van der Waals surface area contributed by atoms with Gasteiger partial charge in [-0.3, -0.25) is 10.00 Å². The van der Waals surface area contributed by atoms with E-state index in [0.717, 1.165) is 44.0 Å². The summed E-state index contributed by atoms with van der Waals surface area (Å²) in [6.07, 6.45) is 3.65. The molecule has 7 rings (SSSR count). The number of carbonyl (C=O) groups is 1. The number of amides is 1. The Morgan fingerprint density at radius 1 is 1.14 bits per heavy atom. The van der Waals surface area contributed by atoms with Crippen LogP contribution in [0.25, 0.3) is 21.1 Å². The van der Waals surface area contributed by atoms with Gasteiger partial charge in [0.25, 0.3) is 0 Å². The van der Waals surface area contributed by atoms with E-state index in [1.807, 2.05) is 41.2 Å². The largest absolute Gasteiger partial charge is 0.445 e. The van der Waals surface area contributed by atoms with Gasteiger partial charge in [0.05, 0.1) is 52.6 Å². The number of nitrogens with zero attached hydrogens (tertiary/aromatic N) is 5. The molecule has 2 atom stereocenters. The van der Waals surface area contributed by atoms with Gasteiger partial charge in [-0.15, -0.1) is 11.3 Å². The summed E-state index contributed by atoms with van der Waals surface area (Å²) >= 11 is 1.56. The number of hydrogen-bond acceptors (Lipinski definition) is 9. The van der Waals surface area contributed by atoms with Crippen molar-refractivity contribution in [3.63, 3.8) is 0 Å². The highest BCUT2D eigenvalue weighted by atomic mass is 32.1. The molecule has 2 fully saturated rings. The highest BCUT2D eigenvalue weighted by molar-refractivity contribution is 7.20. The number of anilines is 2. The first-order valence-corrected chi connectivity index (χ1v) is 14.8. The molecule has 0 aliphatic carbocycles. The number of ether oxygens (including phenoxy) is 2. The van der Waals surface area contributed by atoms with Gasteiger partial charge in [-0.25, -0.2) is 14.8 Å². The van der Waals surface area contributed by atoms with Crippen LogP contribution in [0.4, 0.5) is 16.3 Å². The number of thiophene rings is 1. The van der Waals surface area contributed by atoms with Gasteiger partial charge >= 0.3 is 6.09 Å². The Morgan fingerprint density at radius 2 is 2.02 bits per heavy atom. The molecule has 0 radical (unpaired) electrons. The summed E-state index contributed by atoms with van der Waals surface area (Å²) in [6, 6.07) is 18.5. The summed E-state index contributed by atoms with van der Waals surface area (Å²) < 4.78 is 13.9. The lowest BCUT2D eigenvalue weighted by atomic mass is 10.2. The Morgan fingerprint density at radius 3 is 2.90 bits per heavy atom. The first-order valence-electron chi connectivity index (χ1n) is 14.0. The highest BCUT2D eigenvalue weighted by Gasteiger charge is 2.28. The zero-order valence-electron chi connectivity index (χ0n) is 22.8. The summed E-state index contributed by atoms with van der Waals surface area (Å²) in [5, 5.41) is 12.5. The summed E-state index contributed by atoms with van der Waals surface area (Å²) in [5.41, 5.74) is 4.05. The minimum Gasteiger partial charge on any atom is -0.445 e. The van der Waals surface area contributed by atoms with Gasteiger partial charge < -0.3 is 19.7 Å². The normalized spacial score (nSPS) is 18.6. The van der Waals surface area contributed by atoms with Gasteiger partial charge in [0, 0.05) is 37.1 Å². The molecule has 2 saturated heterocycles. The van der Waals surface area contributed by atoms with E-state index in [1.165, 1.54) is 5.56 Å². The lowest BCUT2D eigenvalue weighted by Gasteiger charge is -2.27. The molecule has 0 unspecified atom stereocenters. The van der Waals surface area contributed by atoms with Gasteiger partial charge in [-0.1, -0.05) is 42.2 Å². The topological polar surface area (TPSA) is 106 Å². The standard InChI is InChI=1S/C31H29N7O3S/c39-31(37-10-12-40-13-11-37)41-25-15-23(32-18-25)6-8-26-16-27-29(42-26)30(34-20-33-27)36-24-7-9-28-22(14-24)17-35-38(28)19-21-4-2-1-3-5-21/h1-5,7,9,14,16-17,20,23,25,32H,10-13,15,18-19H2,(H,33,34,36)/t23-,25+/m1/s1. The van der Waals surface area contributed by atoms with Crippen LogP contribution in [0.1, 0.15) is 16.9 Å². The van der Waals surface area contributed by atoms with Crippen molar-refractivity contribution in [1.29, 1.82) is 0 Å². The smallest absolute Gasteiger partial charge is 0.410 e. The van der Waals surface area contributed by atoms with Crippen molar-refractivity contribution in [3.05, 3.63) is 77.6 Å². The van der Waals surface area contributed by atoms with Crippen LogP contribution < -0.4 is 10.6 Å². The summed E-state index contributed by atoms with van der Waals surface area (Å²) in [4.78, 5) is 24.0. The molecule has 11 heteroatoms. The monoisotopic (exact) mass is 579 g/mol. The maximum atomic E-state index is 12.4. The average molecular weight is 580 g/mol. The Hall–Kier alpha value is -4.50. The molecule has 0 bridgehead atoms. The van der Waals surface area contributed by atoms with E-state index in [0.29, 0.717) is 39.3 Å². The number of fused-ring (bicyclic) bond motifs is 2. The van der Waals surface area contributed by atoms with Gasteiger partial charge in [-0.2, -0.15) is 5.10 Å². The van der Waals surface area contributed by atoms with Crippen LogP contribution in [0.3, 0.4) is 0 Å². The number of carbonyl (C=O) groups excluding carboxylic acids is 1. The first-order chi connectivity index (χ1) is 20.7. The van der Waals surface area contributed by atoms with E-state index in [4.69, 9.17) is 9.47 Å². The summed E-state index contributed by atoms with van der Waals surface area (Å²) in [5.74, 6) is 7.32. The second-order valence-electron chi connectivity index (χ2n) is 10.3. The molecule has 2 N–H and O–H groups in total. The third-order valence-electron chi connectivity index (χ3n) is 7.39. The molecule has 10 nitrogen and oxygen atoms in total. The van der Waals surface area contributed by atoms with Crippen LogP contribution >= 0.6 is 11.3 Å². The maximum Gasteiger partial charge on any atom is 0.410 e. The van der Waals surface area contributed by atoms with Crippen molar-refractivity contribution in [3.8, 4) is 11.8 Å². The van der Waals surface area contributed by atoms with Crippen molar-refractivity contribution in [2.24, 2.45) is 0 Å². The molecular weight excluding hydrogens is 550 g/mol. The summed E-state index contributed by atoms with van der Waals surface area (Å²) in [6.45, 7) is 3.57. The van der Waals surface area contributed by atoms with E-state index in [-0.39, 0.29) is 18.2 Å². The SMILES string of the molecule is O=C(O[C@@H]1CN[C@H](C#Cc2cc3ncnc(Nc4ccc5c(cnn5Cc5ccccc5)c4)c3s2)C1)N1CCOCC1. The van der Waals surface area contributed by atoms with Crippen LogP contribution in [0, 0.1) is 11.8 Å². The Balaban J connectivity index is 1.02. The molecule has 1 amide bonds. The zero-order valence-corrected chi connectivity index (χ0v) is 23.6. The van der Waals surface area contributed by atoms with Gasteiger partial charge in [0.2, 0.25) is 0 Å². The Labute approximate surface area is 246 Å². The van der Waals surface area contributed by atoms with E-state index < -0.39 is 0 Å². The zero-order chi connectivity index (χ0) is 28.3. The molecule has 2 aliphatic rings. The quantitative estimate of drug-likeness (QED) is 0.296. The molecule has 5 aromatic rings. The number of nitrogens with one attached hydrogen (secondary N) is 2. The van der Waals surface area contributed by atoms with Crippen LogP contribution in [0.2, 0.25) is 0 Å². The summed E-state index contributed by atoms with van der Waals surface area (Å²) in [7, 11) is 0. The van der Waals surface area contributed by atoms with Crippen LogP contribution in [0.5, 0.6) is 0 Å². The van der Waals surface area contributed by atoms with Gasteiger partial charge in [0.15, 0.2) is 5.82 Å². The van der Waals surface area contributed by atoms with Crippen molar-refractivity contribution in [2.45, 2.75) is 25.1 Å². The first kappa shape index (κ1) is 26.4. The van der Waals surface area contributed by atoms with Crippen molar-refractivity contribution in [1.82, 2.24) is 30.0 Å². The van der Waals surface area contributed by atoms with E-state index in [2.05, 4.69) is 61.8 Å². The fourth-order valence-corrected chi connectivity index (χ4v) is 6.13. The third-order valence-corrected chi connectivity index (χ3v) is 8.43. The molecule has 0 saturated carbocycles. The van der Waals surface area contributed by atoms with Crippen LogP contribution in [-0.4, -0.2) is 75.7 Å². The average Bonchev–Trinajstić information content (AvgIpc) is 3.76. The van der Waals surface area contributed by atoms with Crippen molar-refractivity contribution >= 4 is 50.1 Å². The Kier molecular flexibility index (Phi) is 7.40. The molecule has 42 heavy (non-hydrogen) atoms. The predicted octanol–water partition coefficient (Wildman–Crippen LogP) is 4.38. The highest BCUT2D eigenvalue weighted by Crippen LogP contribution is 2.31.